The van der Waals surface area contributed by atoms with Crippen molar-refractivity contribution in [1.82, 2.24) is 14.7 Å². The first-order chi connectivity index (χ1) is 10.3. The van der Waals surface area contributed by atoms with Crippen molar-refractivity contribution in [2.45, 2.75) is 51.2 Å². The third-order valence-electron chi connectivity index (χ3n) is 4.63. The zero-order valence-corrected chi connectivity index (χ0v) is 12.3. The van der Waals surface area contributed by atoms with Gasteiger partial charge in [0.25, 0.3) is 5.92 Å². The summed E-state index contributed by atoms with van der Waals surface area (Å²) in [5, 5.41) is 22.7. The lowest BCUT2D eigenvalue weighted by molar-refractivity contribution is -0.0388. The SMILES string of the molecule is C[C@@H]1Cc2nn3c(c2CN1C(=O)O)C(F)(F)CC(CO)CC3. The summed E-state index contributed by atoms with van der Waals surface area (Å²) in [6, 6.07) is -0.275. The molecular formula is C14H19F2N3O3. The average Bonchev–Trinajstić information content (AvgIpc) is 2.73. The predicted molar refractivity (Wildman–Crippen MR) is 72.7 cm³/mol. The van der Waals surface area contributed by atoms with Gasteiger partial charge in [-0.15, -0.1) is 0 Å². The third-order valence-corrected chi connectivity index (χ3v) is 4.63. The summed E-state index contributed by atoms with van der Waals surface area (Å²) in [5.74, 6) is -3.57. The Morgan fingerprint density at radius 2 is 2.23 bits per heavy atom. The van der Waals surface area contributed by atoms with Gasteiger partial charge in [-0.3, -0.25) is 4.68 Å². The van der Waals surface area contributed by atoms with Crippen LogP contribution >= 0.6 is 0 Å². The second-order valence-corrected chi connectivity index (χ2v) is 6.21. The van der Waals surface area contributed by atoms with Gasteiger partial charge in [0.15, 0.2) is 0 Å². The Labute approximate surface area is 126 Å². The number of carboxylic acid groups (broad SMARTS) is 1. The number of carbonyl (C=O) groups is 1. The van der Waals surface area contributed by atoms with E-state index < -0.39 is 24.4 Å². The fourth-order valence-electron chi connectivity index (χ4n) is 3.44. The number of alkyl halides is 2. The minimum Gasteiger partial charge on any atom is -0.465 e. The second kappa shape index (κ2) is 5.19. The zero-order chi connectivity index (χ0) is 16.1. The van der Waals surface area contributed by atoms with Crippen molar-refractivity contribution in [2.24, 2.45) is 5.92 Å². The Hall–Kier alpha value is -1.70. The summed E-state index contributed by atoms with van der Waals surface area (Å²) in [4.78, 5) is 12.4. The van der Waals surface area contributed by atoms with Gasteiger partial charge < -0.3 is 15.1 Å². The standard InChI is InChI=1S/C14H19F2N3O3/c1-8-4-11-10(6-18(8)13(21)22)12-14(15,16)5-9(7-20)2-3-19(12)17-11/h8-9,20H,2-7H2,1H3,(H,21,22)/t8-,9?/m1/s1. The highest BCUT2D eigenvalue weighted by atomic mass is 19.3. The van der Waals surface area contributed by atoms with Crippen LogP contribution in [-0.4, -0.2) is 43.6 Å². The van der Waals surface area contributed by atoms with Crippen molar-refractivity contribution in [2.75, 3.05) is 6.61 Å². The van der Waals surface area contributed by atoms with Crippen LogP contribution in [0.1, 0.15) is 36.7 Å². The van der Waals surface area contributed by atoms with Gasteiger partial charge in [0.2, 0.25) is 0 Å². The van der Waals surface area contributed by atoms with E-state index in [4.69, 9.17) is 0 Å². The van der Waals surface area contributed by atoms with Crippen LogP contribution in [0, 0.1) is 5.92 Å². The fourth-order valence-corrected chi connectivity index (χ4v) is 3.44. The van der Waals surface area contributed by atoms with E-state index in [0.29, 0.717) is 30.6 Å². The second-order valence-electron chi connectivity index (χ2n) is 6.21. The number of aliphatic hydroxyl groups excluding tert-OH is 1. The monoisotopic (exact) mass is 315 g/mol. The first-order valence-corrected chi connectivity index (χ1v) is 7.40. The zero-order valence-electron chi connectivity index (χ0n) is 12.3. The highest BCUT2D eigenvalue weighted by Gasteiger charge is 2.45. The molecule has 2 N–H and O–H groups in total. The quantitative estimate of drug-likeness (QED) is 0.828. The molecule has 2 atom stereocenters. The van der Waals surface area contributed by atoms with Crippen molar-refractivity contribution < 1.29 is 23.8 Å². The Bertz CT molecular complexity index is 602. The highest BCUT2D eigenvalue weighted by molar-refractivity contribution is 5.66. The van der Waals surface area contributed by atoms with Crippen molar-refractivity contribution in [1.29, 1.82) is 0 Å². The summed E-state index contributed by atoms with van der Waals surface area (Å²) in [6.45, 7) is 1.74. The molecule has 8 heteroatoms. The van der Waals surface area contributed by atoms with Gasteiger partial charge in [-0.25, -0.2) is 4.79 Å². The van der Waals surface area contributed by atoms with Crippen LogP contribution < -0.4 is 0 Å². The van der Waals surface area contributed by atoms with Gasteiger partial charge in [-0.2, -0.15) is 13.9 Å². The number of rotatable bonds is 1. The summed E-state index contributed by atoms with van der Waals surface area (Å²) in [5.41, 5.74) is 0.739. The first kappa shape index (κ1) is 15.2. The number of aryl methyl sites for hydroxylation is 1. The summed E-state index contributed by atoms with van der Waals surface area (Å²) in [6.07, 6.45) is -0.744. The molecule has 1 aromatic rings. The Morgan fingerprint density at radius 3 is 2.86 bits per heavy atom. The van der Waals surface area contributed by atoms with Crippen LogP contribution in [0.5, 0.6) is 0 Å². The molecule has 2 aliphatic rings. The van der Waals surface area contributed by atoms with Crippen molar-refractivity contribution >= 4 is 6.09 Å². The van der Waals surface area contributed by atoms with E-state index in [0.717, 1.165) is 0 Å². The minimum atomic E-state index is -3.10. The average molecular weight is 315 g/mol. The maximum atomic E-state index is 14.6. The molecule has 1 unspecified atom stereocenters. The van der Waals surface area contributed by atoms with Crippen LogP contribution in [-0.2, 0) is 25.4 Å². The lowest BCUT2D eigenvalue weighted by Gasteiger charge is -2.31. The Kier molecular flexibility index (Phi) is 3.58. The predicted octanol–water partition coefficient (Wildman–Crippen LogP) is 1.80. The molecule has 0 spiro atoms. The van der Waals surface area contributed by atoms with Crippen LogP contribution in [0.4, 0.5) is 13.6 Å². The lowest BCUT2D eigenvalue weighted by Crippen LogP contribution is -2.42. The summed E-state index contributed by atoms with van der Waals surface area (Å²) >= 11 is 0. The number of fused-ring (bicyclic) bond motifs is 3. The highest BCUT2D eigenvalue weighted by Crippen LogP contribution is 2.42. The van der Waals surface area contributed by atoms with E-state index in [1.165, 1.54) is 9.58 Å². The third kappa shape index (κ3) is 2.35. The number of aromatic nitrogens is 2. The molecular weight excluding hydrogens is 296 g/mol. The van der Waals surface area contributed by atoms with Gasteiger partial charge in [0.05, 0.1) is 12.2 Å². The summed E-state index contributed by atoms with van der Waals surface area (Å²) < 4.78 is 30.5. The number of hydrogen-bond acceptors (Lipinski definition) is 3. The molecule has 1 amide bonds. The normalized spacial score (nSPS) is 27.0. The van der Waals surface area contributed by atoms with Crippen molar-refractivity contribution in [3.63, 3.8) is 0 Å². The molecule has 22 heavy (non-hydrogen) atoms. The van der Waals surface area contributed by atoms with Crippen LogP contribution in [0.3, 0.4) is 0 Å². The van der Waals surface area contributed by atoms with Gasteiger partial charge in [-0.05, 0) is 19.3 Å². The largest absolute Gasteiger partial charge is 0.465 e. The number of hydrogen-bond donors (Lipinski definition) is 2. The first-order valence-electron chi connectivity index (χ1n) is 7.40. The van der Waals surface area contributed by atoms with Crippen LogP contribution in [0.2, 0.25) is 0 Å². The smallest absolute Gasteiger partial charge is 0.407 e. The molecule has 122 valence electrons. The molecule has 0 radical (unpaired) electrons. The number of amides is 1. The van der Waals surface area contributed by atoms with E-state index in [1.54, 1.807) is 6.92 Å². The fraction of sp³-hybridized carbons (Fsp3) is 0.714. The molecule has 0 saturated heterocycles. The number of aliphatic hydroxyl groups is 1. The molecule has 3 rings (SSSR count). The maximum Gasteiger partial charge on any atom is 0.407 e. The molecule has 0 aliphatic carbocycles. The van der Waals surface area contributed by atoms with E-state index in [-0.39, 0.29) is 24.9 Å². The molecule has 0 bridgehead atoms. The molecule has 0 saturated carbocycles. The van der Waals surface area contributed by atoms with E-state index in [1.807, 2.05) is 0 Å². The van der Waals surface area contributed by atoms with Gasteiger partial charge >= 0.3 is 6.09 Å². The topological polar surface area (TPSA) is 78.6 Å². The minimum absolute atomic E-state index is 0.0550. The van der Waals surface area contributed by atoms with Gasteiger partial charge in [0.1, 0.15) is 5.69 Å². The van der Waals surface area contributed by atoms with E-state index in [9.17, 15) is 23.8 Å². The number of halogens is 2. The molecule has 6 nitrogen and oxygen atoms in total. The van der Waals surface area contributed by atoms with Crippen LogP contribution in [0.15, 0.2) is 0 Å². The van der Waals surface area contributed by atoms with Gasteiger partial charge in [0, 0.05) is 37.6 Å². The van der Waals surface area contributed by atoms with Gasteiger partial charge in [-0.1, -0.05) is 0 Å². The Morgan fingerprint density at radius 1 is 1.50 bits per heavy atom. The Balaban J connectivity index is 2.04. The van der Waals surface area contributed by atoms with Crippen molar-refractivity contribution in [3.8, 4) is 0 Å². The van der Waals surface area contributed by atoms with Crippen molar-refractivity contribution in [3.05, 3.63) is 17.0 Å². The molecule has 3 heterocycles. The number of nitrogens with zero attached hydrogens (tertiary/aromatic N) is 3. The lowest BCUT2D eigenvalue weighted by atomic mass is 9.93. The summed E-state index contributed by atoms with van der Waals surface area (Å²) in [7, 11) is 0. The molecule has 1 aromatic heterocycles. The maximum absolute atomic E-state index is 14.6. The molecule has 2 aliphatic heterocycles. The molecule has 0 fully saturated rings. The van der Waals surface area contributed by atoms with Crippen LogP contribution in [0.25, 0.3) is 0 Å². The molecule has 0 aromatic carbocycles. The van der Waals surface area contributed by atoms with E-state index in [2.05, 4.69) is 5.10 Å². The van der Waals surface area contributed by atoms with E-state index >= 15 is 0 Å².